The molecule has 184 valence electrons. The first kappa shape index (κ1) is 24.0. The monoisotopic (exact) mass is 541 g/mol. The third-order valence-corrected chi connectivity index (χ3v) is 8.80. The fourth-order valence-electron chi connectivity index (χ4n) is 4.58. The SMILES string of the molecule is O=C(CN1c2ccccc2Sc2ccccc21)NCCSc1c(-c2ccc(Cl)cc2)[nH]c2ccccc12. The normalized spacial score (nSPS) is 12.3. The fraction of sp³-hybridized carbons (Fsp3) is 0.100. The molecule has 4 nitrogen and oxygen atoms in total. The predicted octanol–water partition coefficient (Wildman–Crippen LogP) is 8.00. The number of aromatic nitrogens is 1. The highest BCUT2D eigenvalue weighted by Crippen LogP contribution is 2.47. The van der Waals surface area contributed by atoms with Gasteiger partial charge in [-0.25, -0.2) is 0 Å². The number of hydrogen-bond acceptors (Lipinski definition) is 4. The van der Waals surface area contributed by atoms with Gasteiger partial charge in [0.2, 0.25) is 5.91 Å². The van der Waals surface area contributed by atoms with Crippen LogP contribution in [0.4, 0.5) is 11.4 Å². The minimum Gasteiger partial charge on any atom is -0.354 e. The third kappa shape index (κ3) is 4.97. The van der Waals surface area contributed by atoms with Crippen LogP contribution in [0.3, 0.4) is 0 Å². The predicted molar refractivity (Wildman–Crippen MR) is 156 cm³/mol. The molecule has 2 heterocycles. The number of fused-ring (bicyclic) bond motifs is 3. The van der Waals surface area contributed by atoms with Gasteiger partial charge < -0.3 is 15.2 Å². The van der Waals surface area contributed by atoms with E-state index in [1.54, 1.807) is 23.5 Å². The van der Waals surface area contributed by atoms with Gasteiger partial charge in [0.25, 0.3) is 0 Å². The van der Waals surface area contributed by atoms with Crippen molar-refractivity contribution in [2.24, 2.45) is 0 Å². The molecule has 2 N–H and O–H groups in total. The van der Waals surface area contributed by atoms with E-state index in [0.29, 0.717) is 11.6 Å². The maximum absolute atomic E-state index is 13.0. The quantitative estimate of drug-likeness (QED) is 0.162. The zero-order chi connectivity index (χ0) is 25.2. The number of thioether (sulfide) groups is 1. The Morgan fingerprint density at radius 3 is 2.24 bits per heavy atom. The molecule has 0 fully saturated rings. The van der Waals surface area contributed by atoms with E-state index in [1.165, 1.54) is 20.1 Å². The molecule has 0 atom stereocenters. The van der Waals surface area contributed by atoms with Crippen LogP contribution in [0.25, 0.3) is 22.2 Å². The summed E-state index contributed by atoms with van der Waals surface area (Å²) in [5.41, 5.74) is 5.41. The number of rotatable bonds is 7. The first-order valence-electron chi connectivity index (χ1n) is 12.1. The van der Waals surface area contributed by atoms with Crippen LogP contribution in [0.1, 0.15) is 0 Å². The van der Waals surface area contributed by atoms with Crippen LogP contribution in [0, 0.1) is 0 Å². The fourth-order valence-corrected chi connectivity index (χ4v) is 6.86. The summed E-state index contributed by atoms with van der Waals surface area (Å²) in [5, 5.41) is 5.03. The van der Waals surface area contributed by atoms with Crippen molar-refractivity contribution in [3.8, 4) is 11.3 Å². The number of carbonyl (C=O) groups excluding carboxylic acids is 1. The lowest BCUT2D eigenvalue weighted by atomic mass is 10.1. The number of anilines is 2. The number of para-hydroxylation sites is 3. The number of nitrogens with one attached hydrogen (secondary N) is 2. The van der Waals surface area contributed by atoms with Gasteiger partial charge in [0.05, 0.1) is 17.1 Å². The molecule has 0 bridgehead atoms. The van der Waals surface area contributed by atoms with E-state index in [1.807, 2.05) is 54.6 Å². The second-order valence-electron chi connectivity index (χ2n) is 8.70. The van der Waals surface area contributed by atoms with Crippen LogP contribution in [-0.4, -0.2) is 29.7 Å². The Bertz CT molecular complexity index is 1540. The summed E-state index contributed by atoms with van der Waals surface area (Å²) in [6, 6.07) is 32.7. The Hall–Kier alpha value is -3.32. The zero-order valence-electron chi connectivity index (χ0n) is 19.9. The molecular weight excluding hydrogens is 518 g/mol. The van der Waals surface area contributed by atoms with Gasteiger partial charge in [0.1, 0.15) is 6.54 Å². The summed E-state index contributed by atoms with van der Waals surface area (Å²) < 4.78 is 0. The summed E-state index contributed by atoms with van der Waals surface area (Å²) in [7, 11) is 0. The van der Waals surface area contributed by atoms with Crippen molar-refractivity contribution in [3.05, 3.63) is 102 Å². The van der Waals surface area contributed by atoms with Crippen molar-refractivity contribution in [2.45, 2.75) is 14.7 Å². The van der Waals surface area contributed by atoms with E-state index < -0.39 is 0 Å². The van der Waals surface area contributed by atoms with Crippen LogP contribution in [0.2, 0.25) is 5.02 Å². The van der Waals surface area contributed by atoms with Crippen molar-refractivity contribution in [3.63, 3.8) is 0 Å². The van der Waals surface area contributed by atoms with Crippen LogP contribution < -0.4 is 10.2 Å². The number of hydrogen-bond donors (Lipinski definition) is 2. The maximum atomic E-state index is 13.0. The van der Waals surface area contributed by atoms with E-state index >= 15 is 0 Å². The first-order chi connectivity index (χ1) is 18.2. The Labute approximate surface area is 229 Å². The second-order valence-corrected chi connectivity index (χ2v) is 11.3. The highest BCUT2D eigenvalue weighted by atomic mass is 35.5. The summed E-state index contributed by atoms with van der Waals surface area (Å²) in [6.45, 7) is 0.858. The number of amides is 1. The Balaban J connectivity index is 1.14. The molecule has 1 aliphatic rings. The molecule has 37 heavy (non-hydrogen) atoms. The molecule has 0 saturated carbocycles. The molecule has 0 spiro atoms. The summed E-state index contributed by atoms with van der Waals surface area (Å²) in [6.07, 6.45) is 0. The average molecular weight is 542 g/mol. The van der Waals surface area contributed by atoms with E-state index in [0.717, 1.165) is 33.9 Å². The smallest absolute Gasteiger partial charge is 0.239 e. The van der Waals surface area contributed by atoms with Crippen LogP contribution in [-0.2, 0) is 4.79 Å². The lowest BCUT2D eigenvalue weighted by molar-refractivity contribution is -0.119. The molecule has 4 aromatic carbocycles. The van der Waals surface area contributed by atoms with Gasteiger partial charge in [-0.3, -0.25) is 4.79 Å². The second kappa shape index (κ2) is 10.6. The van der Waals surface area contributed by atoms with Gasteiger partial charge in [-0.1, -0.05) is 78.0 Å². The Morgan fingerprint density at radius 1 is 0.865 bits per heavy atom. The van der Waals surface area contributed by atoms with Gasteiger partial charge >= 0.3 is 0 Å². The number of halogens is 1. The maximum Gasteiger partial charge on any atom is 0.239 e. The lowest BCUT2D eigenvalue weighted by Gasteiger charge is -2.32. The highest BCUT2D eigenvalue weighted by Gasteiger charge is 2.24. The molecule has 0 saturated heterocycles. The molecule has 1 aromatic heterocycles. The number of benzene rings is 4. The van der Waals surface area contributed by atoms with Gasteiger partial charge in [0.15, 0.2) is 0 Å². The van der Waals surface area contributed by atoms with Gasteiger partial charge in [-0.15, -0.1) is 11.8 Å². The minimum atomic E-state index is 0.00829. The molecule has 6 rings (SSSR count). The van der Waals surface area contributed by atoms with Gasteiger partial charge in [-0.2, -0.15) is 0 Å². The number of carbonyl (C=O) groups is 1. The third-order valence-electron chi connectivity index (χ3n) is 6.30. The summed E-state index contributed by atoms with van der Waals surface area (Å²) >= 11 is 9.61. The molecule has 0 radical (unpaired) electrons. The minimum absolute atomic E-state index is 0.00829. The highest BCUT2D eigenvalue weighted by molar-refractivity contribution is 8.00. The molecule has 5 aromatic rings. The molecule has 0 aliphatic carbocycles. The standard InChI is InChI=1S/C30H24ClN3OS2/c31-21-15-13-20(14-16-21)29-30(22-7-1-2-8-23(22)33-29)36-18-17-32-28(35)19-34-24-9-3-5-11-26(24)37-27-12-6-4-10-25(27)34/h1-16,33H,17-19H2,(H,32,35). The number of nitrogens with zero attached hydrogens (tertiary/aromatic N) is 1. The average Bonchev–Trinajstić information content (AvgIpc) is 3.30. The van der Waals surface area contributed by atoms with Crippen LogP contribution in [0.5, 0.6) is 0 Å². The molecule has 0 unspecified atom stereocenters. The number of aromatic amines is 1. The van der Waals surface area contributed by atoms with Crippen LogP contribution >= 0.6 is 35.1 Å². The van der Waals surface area contributed by atoms with E-state index in [4.69, 9.17) is 11.6 Å². The van der Waals surface area contributed by atoms with E-state index in [-0.39, 0.29) is 12.5 Å². The summed E-state index contributed by atoms with van der Waals surface area (Å²) in [4.78, 5) is 22.2. The van der Waals surface area contributed by atoms with Crippen molar-refractivity contribution in [2.75, 3.05) is 23.7 Å². The first-order valence-corrected chi connectivity index (χ1v) is 14.2. The van der Waals surface area contributed by atoms with E-state index in [9.17, 15) is 4.79 Å². The Kier molecular flexibility index (Phi) is 6.87. The number of H-pyrrole nitrogens is 1. The molecule has 1 aliphatic heterocycles. The molecular formula is C30H24ClN3OS2. The van der Waals surface area contributed by atoms with Crippen molar-refractivity contribution < 1.29 is 4.79 Å². The largest absolute Gasteiger partial charge is 0.354 e. The molecule has 7 heteroatoms. The Morgan fingerprint density at radius 2 is 1.51 bits per heavy atom. The topological polar surface area (TPSA) is 48.1 Å². The summed E-state index contributed by atoms with van der Waals surface area (Å²) in [5.74, 6) is 0.769. The lowest BCUT2D eigenvalue weighted by Crippen LogP contribution is -2.36. The van der Waals surface area contributed by atoms with Crippen molar-refractivity contribution >= 4 is 63.3 Å². The van der Waals surface area contributed by atoms with Crippen LogP contribution in [0.15, 0.2) is 112 Å². The van der Waals surface area contributed by atoms with Gasteiger partial charge in [0, 0.05) is 42.9 Å². The van der Waals surface area contributed by atoms with Crippen molar-refractivity contribution in [1.82, 2.24) is 10.3 Å². The van der Waals surface area contributed by atoms with Gasteiger partial charge in [-0.05, 0) is 48.0 Å². The molecule has 1 amide bonds. The van der Waals surface area contributed by atoms with Crippen molar-refractivity contribution in [1.29, 1.82) is 0 Å². The van der Waals surface area contributed by atoms with E-state index in [2.05, 4.69) is 57.7 Å². The zero-order valence-corrected chi connectivity index (χ0v) is 22.3.